The zero-order valence-corrected chi connectivity index (χ0v) is 12.5. The van der Waals surface area contributed by atoms with Crippen LogP contribution in [0.5, 0.6) is 0 Å². The van der Waals surface area contributed by atoms with E-state index in [0.29, 0.717) is 24.3 Å². The van der Waals surface area contributed by atoms with Crippen LogP contribution < -0.4 is 4.90 Å². The van der Waals surface area contributed by atoms with Crippen LogP contribution in [0.2, 0.25) is 0 Å². The van der Waals surface area contributed by atoms with Gasteiger partial charge < -0.3 is 4.90 Å². The van der Waals surface area contributed by atoms with Gasteiger partial charge in [-0.3, -0.25) is 4.79 Å². The summed E-state index contributed by atoms with van der Waals surface area (Å²) >= 11 is 0. The van der Waals surface area contributed by atoms with Crippen molar-refractivity contribution < 1.29 is 18.0 Å². The van der Waals surface area contributed by atoms with Crippen LogP contribution in [0.25, 0.3) is 0 Å². The summed E-state index contributed by atoms with van der Waals surface area (Å²) < 4.78 is 37.9. The summed E-state index contributed by atoms with van der Waals surface area (Å²) in [6.07, 6.45) is -2.35. The maximum atomic E-state index is 12.6. The molecule has 120 valence electrons. The van der Waals surface area contributed by atoms with Crippen molar-refractivity contribution in [2.45, 2.75) is 32.1 Å². The molecule has 1 aromatic heterocycles. The van der Waals surface area contributed by atoms with Crippen LogP contribution >= 0.6 is 0 Å². The number of benzene rings is 1. The molecule has 3 nitrogen and oxygen atoms in total. The van der Waals surface area contributed by atoms with E-state index in [1.54, 1.807) is 18.3 Å². The molecule has 2 heterocycles. The molecule has 1 unspecified atom stereocenters. The molecule has 0 spiro atoms. The number of Topliss-reactive ketones (excluding diaryl/α,β-unsaturated/α-hetero) is 1. The first-order valence-electron chi connectivity index (χ1n) is 7.27. The fourth-order valence-corrected chi connectivity index (χ4v) is 2.77. The molecule has 23 heavy (non-hydrogen) atoms. The molecule has 0 N–H and O–H groups in total. The van der Waals surface area contributed by atoms with Crippen LogP contribution in [0.1, 0.15) is 34.8 Å². The molecular formula is C17H15F3N2O. The number of anilines is 1. The molecule has 0 aliphatic carbocycles. The van der Waals surface area contributed by atoms with Crippen molar-refractivity contribution in [2.75, 3.05) is 4.90 Å². The van der Waals surface area contributed by atoms with Gasteiger partial charge in [0, 0.05) is 25.2 Å². The van der Waals surface area contributed by atoms with Gasteiger partial charge in [-0.1, -0.05) is 12.1 Å². The Balaban J connectivity index is 1.88. The van der Waals surface area contributed by atoms with E-state index in [1.807, 2.05) is 11.8 Å². The van der Waals surface area contributed by atoms with E-state index in [2.05, 4.69) is 4.98 Å². The van der Waals surface area contributed by atoms with Gasteiger partial charge in [0.15, 0.2) is 5.78 Å². The molecule has 3 rings (SSSR count). The highest BCUT2D eigenvalue weighted by Crippen LogP contribution is 2.32. The second-order valence-corrected chi connectivity index (χ2v) is 5.67. The Morgan fingerprint density at radius 2 is 1.91 bits per heavy atom. The number of hydrogen-bond acceptors (Lipinski definition) is 3. The molecule has 2 aromatic rings. The Bertz CT molecular complexity index is 725. The predicted octanol–water partition coefficient (Wildman–Crippen LogP) is 4.08. The molecule has 1 aliphatic heterocycles. The molecule has 1 aliphatic rings. The van der Waals surface area contributed by atoms with Crippen molar-refractivity contribution in [3.05, 3.63) is 59.3 Å². The second kappa shape index (κ2) is 5.68. The van der Waals surface area contributed by atoms with Crippen LogP contribution in [0, 0.1) is 0 Å². The highest BCUT2D eigenvalue weighted by atomic mass is 19.4. The highest BCUT2D eigenvalue weighted by Gasteiger charge is 2.31. The van der Waals surface area contributed by atoms with Gasteiger partial charge in [0.1, 0.15) is 5.82 Å². The van der Waals surface area contributed by atoms with Crippen LogP contribution in [-0.4, -0.2) is 16.8 Å². The monoisotopic (exact) mass is 320 g/mol. The van der Waals surface area contributed by atoms with Gasteiger partial charge in [-0.05, 0) is 36.8 Å². The third-order valence-corrected chi connectivity index (χ3v) is 4.01. The quantitative estimate of drug-likeness (QED) is 0.836. The average Bonchev–Trinajstić information content (AvgIpc) is 2.51. The fraction of sp³-hybridized carbons (Fsp3) is 0.294. The first-order chi connectivity index (χ1) is 10.9. The van der Waals surface area contributed by atoms with Gasteiger partial charge in [0.25, 0.3) is 0 Å². The van der Waals surface area contributed by atoms with Gasteiger partial charge in [-0.15, -0.1) is 0 Å². The number of carbonyl (C=O) groups excluding carboxylic acids is 1. The number of aromatic nitrogens is 1. The first-order valence-corrected chi connectivity index (χ1v) is 7.27. The standard InChI is InChI=1S/C17H15F3N2O/c1-11-9-15(23)14-3-2-8-21-16(14)22(11)10-12-4-6-13(7-5-12)17(18,19)20/h2-8,11H,9-10H2,1H3. The Labute approximate surface area is 131 Å². The van der Waals surface area contributed by atoms with Crippen LogP contribution in [-0.2, 0) is 12.7 Å². The van der Waals surface area contributed by atoms with Crippen molar-refractivity contribution in [1.82, 2.24) is 4.98 Å². The summed E-state index contributed by atoms with van der Waals surface area (Å²) in [5, 5.41) is 0. The molecule has 0 amide bonds. The zero-order valence-electron chi connectivity index (χ0n) is 12.5. The number of pyridine rings is 1. The number of carbonyl (C=O) groups is 1. The summed E-state index contributed by atoms with van der Waals surface area (Å²) in [5.74, 6) is 0.639. The topological polar surface area (TPSA) is 33.2 Å². The van der Waals surface area contributed by atoms with Gasteiger partial charge >= 0.3 is 6.18 Å². The molecule has 1 atom stereocenters. The molecule has 0 fully saturated rings. The predicted molar refractivity (Wildman–Crippen MR) is 80.3 cm³/mol. The number of hydrogen-bond donors (Lipinski definition) is 0. The number of alkyl halides is 3. The third kappa shape index (κ3) is 3.06. The summed E-state index contributed by atoms with van der Waals surface area (Å²) in [7, 11) is 0. The van der Waals surface area contributed by atoms with E-state index in [1.165, 1.54) is 12.1 Å². The van der Waals surface area contributed by atoms with E-state index in [9.17, 15) is 18.0 Å². The summed E-state index contributed by atoms with van der Waals surface area (Å²) in [5.41, 5.74) is 0.648. The Morgan fingerprint density at radius 3 is 2.57 bits per heavy atom. The second-order valence-electron chi connectivity index (χ2n) is 5.67. The molecule has 0 saturated carbocycles. The third-order valence-electron chi connectivity index (χ3n) is 4.01. The van der Waals surface area contributed by atoms with Gasteiger partial charge in [0.2, 0.25) is 0 Å². The smallest absolute Gasteiger partial charge is 0.349 e. The Morgan fingerprint density at radius 1 is 1.22 bits per heavy atom. The van der Waals surface area contributed by atoms with Crippen LogP contribution in [0.15, 0.2) is 42.6 Å². The largest absolute Gasteiger partial charge is 0.416 e. The Kier molecular flexibility index (Phi) is 3.83. The molecular weight excluding hydrogens is 305 g/mol. The Hall–Kier alpha value is -2.37. The highest BCUT2D eigenvalue weighted by molar-refractivity contribution is 6.02. The van der Waals surface area contributed by atoms with Gasteiger partial charge in [0.05, 0.1) is 11.1 Å². The SMILES string of the molecule is CC1CC(=O)c2cccnc2N1Cc1ccc(C(F)(F)F)cc1. The van der Waals surface area contributed by atoms with Crippen LogP contribution in [0.3, 0.4) is 0 Å². The van der Waals surface area contributed by atoms with Crippen molar-refractivity contribution in [3.8, 4) is 0 Å². The lowest BCUT2D eigenvalue weighted by atomic mass is 9.97. The van der Waals surface area contributed by atoms with Crippen molar-refractivity contribution in [2.24, 2.45) is 0 Å². The lowest BCUT2D eigenvalue weighted by Crippen LogP contribution is -2.39. The lowest BCUT2D eigenvalue weighted by molar-refractivity contribution is -0.137. The van der Waals surface area contributed by atoms with Crippen molar-refractivity contribution >= 4 is 11.6 Å². The van der Waals surface area contributed by atoms with Crippen molar-refractivity contribution in [1.29, 1.82) is 0 Å². The molecule has 0 radical (unpaired) electrons. The van der Waals surface area contributed by atoms with Crippen molar-refractivity contribution in [3.63, 3.8) is 0 Å². The number of halogens is 3. The summed E-state index contributed by atoms with van der Waals surface area (Å²) in [4.78, 5) is 18.3. The minimum absolute atomic E-state index is 0.0456. The first kappa shape index (κ1) is 15.5. The van der Waals surface area contributed by atoms with Crippen LogP contribution in [0.4, 0.5) is 19.0 Å². The molecule has 6 heteroatoms. The average molecular weight is 320 g/mol. The zero-order chi connectivity index (χ0) is 16.6. The fourth-order valence-electron chi connectivity index (χ4n) is 2.77. The van der Waals surface area contributed by atoms with E-state index in [4.69, 9.17) is 0 Å². The molecule has 0 saturated heterocycles. The van der Waals surface area contributed by atoms with Gasteiger partial charge in [-0.2, -0.15) is 13.2 Å². The van der Waals surface area contributed by atoms with E-state index in [-0.39, 0.29) is 11.8 Å². The van der Waals surface area contributed by atoms with E-state index >= 15 is 0 Å². The molecule has 0 bridgehead atoms. The molecule has 1 aromatic carbocycles. The maximum Gasteiger partial charge on any atom is 0.416 e. The number of rotatable bonds is 2. The van der Waals surface area contributed by atoms with E-state index in [0.717, 1.165) is 17.7 Å². The number of ketones is 1. The number of nitrogens with zero attached hydrogens (tertiary/aromatic N) is 2. The lowest BCUT2D eigenvalue weighted by Gasteiger charge is -2.35. The minimum Gasteiger partial charge on any atom is -0.349 e. The van der Waals surface area contributed by atoms with Gasteiger partial charge in [-0.25, -0.2) is 4.98 Å². The number of fused-ring (bicyclic) bond motifs is 1. The summed E-state index contributed by atoms with van der Waals surface area (Å²) in [6.45, 7) is 2.33. The minimum atomic E-state index is -4.34. The normalized spacial score (nSPS) is 18.0. The van der Waals surface area contributed by atoms with E-state index < -0.39 is 11.7 Å². The maximum absolute atomic E-state index is 12.6. The summed E-state index contributed by atoms with van der Waals surface area (Å²) in [6, 6.07) is 8.48.